The molecule has 0 fully saturated rings. The molecule has 0 aliphatic carbocycles. The van der Waals surface area contributed by atoms with Gasteiger partial charge in [0.25, 0.3) is 0 Å². The Morgan fingerprint density at radius 3 is 2.12 bits per heavy atom. The highest BCUT2D eigenvalue weighted by molar-refractivity contribution is 4.83. The summed E-state index contributed by atoms with van der Waals surface area (Å²) in [5.41, 5.74) is 0. The quantitative estimate of drug-likeness (QED) is 0.501. The summed E-state index contributed by atoms with van der Waals surface area (Å²) in [6, 6.07) is 0.551. The van der Waals surface area contributed by atoms with Gasteiger partial charge in [-0.1, -0.05) is 13.0 Å². The molecule has 0 aliphatic heterocycles. The molecule has 0 aromatic rings. The maximum Gasteiger partial charge on any atom is 0.0266 e. The van der Waals surface area contributed by atoms with Crippen LogP contribution in [0.15, 0.2) is 12.7 Å². The molecular weight excluding hydrogens is 98.1 g/mol. The van der Waals surface area contributed by atoms with Crippen molar-refractivity contribution in [3.63, 3.8) is 0 Å². The lowest BCUT2D eigenvalue weighted by Gasteiger charge is -2.17. The Labute approximate surface area is 52.0 Å². The van der Waals surface area contributed by atoms with Gasteiger partial charge in [-0.2, -0.15) is 0 Å². The van der Waals surface area contributed by atoms with Crippen molar-refractivity contribution in [2.75, 3.05) is 14.1 Å². The second kappa shape index (κ2) is 3.67. The molecule has 0 heterocycles. The van der Waals surface area contributed by atoms with Crippen molar-refractivity contribution in [2.45, 2.75) is 19.4 Å². The van der Waals surface area contributed by atoms with Crippen molar-refractivity contribution in [3.8, 4) is 0 Å². The van der Waals surface area contributed by atoms with Crippen LogP contribution < -0.4 is 0 Å². The molecule has 0 amide bonds. The van der Waals surface area contributed by atoms with E-state index in [4.69, 9.17) is 0 Å². The Balaban J connectivity index is 3.51. The van der Waals surface area contributed by atoms with Gasteiger partial charge in [-0.15, -0.1) is 6.58 Å². The van der Waals surface area contributed by atoms with E-state index in [0.29, 0.717) is 6.04 Å². The highest BCUT2D eigenvalue weighted by Gasteiger charge is 2.00. The third kappa shape index (κ3) is 2.12. The standard InChI is InChI=1S/C7H15N/c1-5-7(6-2)8(3)4/h5,7H,1,6H2,2-4H3/t7-/m0/s1. The maximum absolute atomic E-state index is 3.71. The van der Waals surface area contributed by atoms with Gasteiger partial charge in [0.15, 0.2) is 0 Å². The van der Waals surface area contributed by atoms with Crippen molar-refractivity contribution in [1.29, 1.82) is 0 Å². The smallest absolute Gasteiger partial charge is 0.0266 e. The third-order valence-corrected chi connectivity index (χ3v) is 1.35. The number of hydrogen-bond acceptors (Lipinski definition) is 1. The molecule has 0 aliphatic rings. The summed E-state index contributed by atoms with van der Waals surface area (Å²) in [4.78, 5) is 2.16. The lowest BCUT2D eigenvalue weighted by atomic mass is 10.2. The first kappa shape index (κ1) is 7.70. The zero-order valence-electron chi connectivity index (χ0n) is 6.02. The van der Waals surface area contributed by atoms with E-state index in [1.54, 1.807) is 0 Å². The molecule has 0 radical (unpaired) electrons. The van der Waals surface area contributed by atoms with E-state index in [2.05, 4.69) is 32.5 Å². The molecule has 0 bridgehead atoms. The van der Waals surface area contributed by atoms with E-state index in [-0.39, 0.29) is 0 Å². The average molecular weight is 113 g/mol. The van der Waals surface area contributed by atoms with Crippen LogP contribution in [-0.2, 0) is 0 Å². The number of nitrogens with zero attached hydrogens (tertiary/aromatic N) is 1. The molecule has 0 aromatic heterocycles. The first-order valence-electron chi connectivity index (χ1n) is 3.01. The Hall–Kier alpha value is -0.300. The van der Waals surface area contributed by atoms with Gasteiger partial charge in [0.05, 0.1) is 0 Å². The van der Waals surface area contributed by atoms with Crippen LogP contribution in [0.4, 0.5) is 0 Å². The summed E-state index contributed by atoms with van der Waals surface area (Å²) >= 11 is 0. The monoisotopic (exact) mass is 113 g/mol. The molecule has 0 saturated heterocycles. The van der Waals surface area contributed by atoms with Gasteiger partial charge < -0.3 is 4.90 Å². The maximum atomic E-state index is 3.71. The van der Waals surface area contributed by atoms with Crippen LogP contribution in [0.2, 0.25) is 0 Å². The minimum absolute atomic E-state index is 0.551. The van der Waals surface area contributed by atoms with Crippen LogP contribution >= 0.6 is 0 Å². The van der Waals surface area contributed by atoms with Gasteiger partial charge in [-0.3, -0.25) is 0 Å². The van der Waals surface area contributed by atoms with Crippen LogP contribution in [0.5, 0.6) is 0 Å². The largest absolute Gasteiger partial charge is 0.303 e. The second-order valence-corrected chi connectivity index (χ2v) is 2.17. The van der Waals surface area contributed by atoms with Gasteiger partial charge in [-0.25, -0.2) is 0 Å². The predicted molar refractivity (Wildman–Crippen MR) is 38.0 cm³/mol. The normalized spacial score (nSPS) is 14.0. The fourth-order valence-corrected chi connectivity index (χ4v) is 0.743. The minimum Gasteiger partial charge on any atom is -0.303 e. The van der Waals surface area contributed by atoms with Crippen LogP contribution in [0.3, 0.4) is 0 Å². The molecule has 0 saturated carbocycles. The first-order valence-corrected chi connectivity index (χ1v) is 3.01. The SMILES string of the molecule is C=C[C@@H](CC)N(C)C. The van der Waals surface area contributed by atoms with Crippen molar-refractivity contribution >= 4 is 0 Å². The topological polar surface area (TPSA) is 3.24 Å². The molecule has 0 spiro atoms. The Kier molecular flexibility index (Phi) is 3.53. The van der Waals surface area contributed by atoms with Crippen molar-refractivity contribution < 1.29 is 0 Å². The van der Waals surface area contributed by atoms with Crippen LogP contribution in [-0.4, -0.2) is 25.0 Å². The van der Waals surface area contributed by atoms with Gasteiger partial charge in [0, 0.05) is 6.04 Å². The zero-order valence-corrected chi connectivity index (χ0v) is 6.02. The lowest BCUT2D eigenvalue weighted by molar-refractivity contribution is 0.336. The van der Waals surface area contributed by atoms with Gasteiger partial charge >= 0.3 is 0 Å². The zero-order chi connectivity index (χ0) is 6.57. The number of rotatable bonds is 3. The van der Waals surface area contributed by atoms with E-state index >= 15 is 0 Å². The molecule has 0 unspecified atom stereocenters. The van der Waals surface area contributed by atoms with Crippen LogP contribution in [0.25, 0.3) is 0 Å². The second-order valence-electron chi connectivity index (χ2n) is 2.17. The Morgan fingerprint density at radius 1 is 1.62 bits per heavy atom. The van der Waals surface area contributed by atoms with Crippen molar-refractivity contribution in [3.05, 3.63) is 12.7 Å². The lowest BCUT2D eigenvalue weighted by Crippen LogP contribution is -2.24. The molecular formula is C7H15N. The Morgan fingerprint density at radius 2 is 2.12 bits per heavy atom. The molecule has 0 aromatic carbocycles. The minimum atomic E-state index is 0.551. The van der Waals surface area contributed by atoms with Gasteiger partial charge in [-0.05, 0) is 20.5 Å². The van der Waals surface area contributed by atoms with Crippen LogP contribution in [0, 0.1) is 0 Å². The summed E-state index contributed by atoms with van der Waals surface area (Å²) < 4.78 is 0. The molecule has 0 rings (SSSR count). The third-order valence-electron chi connectivity index (χ3n) is 1.35. The highest BCUT2D eigenvalue weighted by atomic mass is 15.1. The van der Waals surface area contributed by atoms with E-state index in [0.717, 1.165) is 6.42 Å². The number of hydrogen-bond donors (Lipinski definition) is 0. The van der Waals surface area contributed by atoms with Gasteiger partial charge in [0.1, 0.15) is 0 Å². The average Bonchev–Trinajstić information content (AvgIpc) is 1.69. The summed E-state index contributed by atoms with van der Waals surface area (Å²) in [6.07, 6.45) is 3.12. The first-order chi connectivity index (χ1) is 3.72. The molecule has 1 atom stereocenters. The van der Waals surface area contributed by atoms with E-state index in [9.17, 15) is 0 Å². The molecule has 0 N–H and O–H groups in total. The summed E-state index contributed by atoms with van der Waals surface area (Å²) in [6.45, 7) is 5.87. The molecule has 48 valence electrons. The molecule has 1 heteroatoms. The van der Waals surface area contributed by atoms with Crippen molar-refractivity contribution in [1.82, 2.24) is 4.90 Å². The Bertz CT molecular complexity index is 66.8. The summed E-state index contributed by atoms with van der Waals surface area (Å²) in [5, 5.41) is 0. The fraction of sp³-hybridized carbons (Fsp3) is 0.714. The van der Waals surface area contributed by atoms with Gasteiger partial charge in [0.2, 0.25) is 0 Å². The summed E-state index contributed by atoms with van der Waals surface area (Å²) in [7, 11) is 4.13. The predicted octanol–water partition coefficient (Wildman–Crippen LogP) is 1.51. The van der Waals surface area contributed by atoms with Crippen molar-refractivity contribution in [2.24, 2.45) is 0 Å². The fourth-order valence-electron chi connectivity index (χ4n) is 0.743. The van der Waals surface area contributed by atoms with Crippen LogP contribution in [0.1, 0.15) is 13.3 Å². The summed E-state index contributed by atoms with van der Waals surface area (Å²) in [5.74, 6) is 0. The van der Waals surface area contributed by atoms with E-state index in [1.807, 2.05) is 6.08 Å². The van der Waals surface area contributed by atoms with E-state index in [1.165, 1.54) is 0 Å². The molecule has 1 nitrogen and oxygen atoms in total. The number of likely N-dealkylation sites (N-methyl/N-ethyl adjacent to an activating group) is 1. The molecule has 8 heavy (non-hydrogen) atoms. The van der Waals surface area contributed by atoms with E-state index < -0.39 is 0 Å². The highest BCUT2D eigenvalue weighted by Crippen LogP contribution is 1.97.